The van der Waals surface area contributed by atoms with E-state index in [0.717, 1.165) is 47.6 Å². The molecule has 2 nitrogen and oxygen atoms in total. The van der Waals surface area contributed by atoms with Gasteiger partial charge in [-0.1, -0.05) is 119 Å². The van der Waals surface area contributed by atoms with Gasteiger partial charge in [-0.05, 0) is 148 Å². The molecule has 0 amide bonds. The van der Waals surface area contributed by atoms with E-state index in [4.69, 9.17) is 4.98 Å². The predicted octanol–water partition coefficient (Wildman–Crippen LogP) is 15.3. The molecule has 0 spiro atoms. The topological polar surface area (TPSA) is 16.1 Å². The van der Waals surface area contributed by atoms with E-state index in [1.165, 1.54) is 71.6 Å². The fourth-order valence-corrected chi connectivity index (χ4v) is 11.2. The zero-order chi connectivity index (χ0) is 38.0. The normalized spacial score (nSPS) is 14.3. The lowest BCUT2D eigenvalue weighted by molar-refractivity contribution is 0.490. The average molecular weight is 743 g/mol. The summed E-state index contributed by atoms with van der Waals surface area (Å²) in [5.74, 6) is 0. The summed E-state index contributed by atoms with van der Waals surface area (Å²) in [5.41, 5.74) is 19.6. The maximum absolute atomic E-state index is 5.02. The Labute approximate surface area is 335 Å². The highest BCUT2D eigenvalue weighted by molar-refractivity contribution is 7.21. The minimum Gasteiger partial charge on any atom is -0.310 e. The van der Waals surface area contributed by atoms with Gasteiger partial charge in [0.1, 0.15) is 5.01 Å². The molecule has 0 bridgehead atoms. The molecule has 0 N–H and O–H groups in total. The molecule has 2 aliphatic rings. The molecule has 274 valence electrons. The Morgan fingerprint density at radius 1 is 0.429 bits per heavy atom. The van der Waals surface area contributed by atoms with Crippen LogP contribution in [-0.2, 0) is 10.8 Å². The van der Waals surface area contributed by atoms with Gasteiger partial charge in [0.2, 0.25) is 0 Å². The molecule has 3 heteroatoms. The molecule has 1 heterocycles. The molecular weight excluding hydrogens is 697 g/mol. The minimum absolute atomic E-state index is 0.0177. The number of fused-ring (bicyclic) bond motifs is 7. The van der Waals surface area contributed by atoms with Crippen molar-refractivity contribution in [1.82, 2.24) is 4.98 Å². The number of hydrogen-bond donors (Lipinski definition) is 0. The lowest BCUT2D eigenvalue weighted by atomic mass is 9.72. The summed E-state index contributed by atoms with van der Waals surface area (Å²) >= 11 is 1.78. The van der Waals surface area contributed by atoms with Crippen molar-refractivity contribution >= 4 is 38.6 Å². The Bertz CT molecular complexity index is 2680. The largest absolute Gasteiger partial charge is 0.310 e. The van der Waals surface area contributed by atoms with Crippen molar-refractivity contribution in [2.24, 2.45) is 0 Å². The molecule has 0 aliphatic heterocycles. The van der Waals surface area contributed by atoms with Gasteiger partial charge >= 0.3 is 0 Å². The summed E-state index contributed by atoms with van der Waals surface area (Å²) in [6.07, 6.45) is 4.21. The standard InChI is InChI=1S/C53H46N2S/c1-5-52(6-2)45-30-25-37(51-54-49-21-15-16-22-50(49)56-51)31-44(45)43-28-24-36(33-47(43)52)35-23-27-41-42-29-26-40(34-48(42)53(7-3,8-4)46(41)32-35)55(38-17-11-9-12-18-38)39-19-13-10-14-20-39/h9-34H,5-8H2,1-4H3. The summed E-state index contributed by atoms with van der Waals surface area (Å²) in [6.45, 7) is 9.48. The third kappa shape index (κ3) is 5.10. The number of thiazole rings is 1. The highest BCUT2D eigenvalue weighted by Crippen LogP contribution is 2.57. The Hall–Kier alpha value is -5.77. The maximum atomic E-state index is 5.02. The molecule has 8 aromatic rings. The van der Waals surface area contributed by atoms with Crippen molar-refractivity contribution in [3.8, 4) is 44.0 Å². The molecule has 0 atom stereocenters. The van der Waals surface area contributed by atoms with E-state index in [1.54, 1.807) is 11.3 Å². The summed E-state index contributed by atoms with van der Waals surface area (Å²) in [5, 5.41) is 1.09. The number of anilines is 3. The van der Waals surface area contributed by atoms with E-state index in [9.17, 15) is 0 Å². The first-order valence-corrected chi connectivity index (χ1v) is 21.2. The molecule has 7 aromatic carbocycles. The lowest BCUT2D eigenvalue weighted by Crippen LogP contribution is -2.23. The Morgan fingerprint density at radius 2 is 0.929 bits per heavy atom. The van der Waals surface area contributed by atoms with Gasteiger partial charge in [0.25, 0.3) is 0 Å². The zero-order valence-electron chi connectivity index (χ0n) is 32.6. The van der Waals surface area contributed by atoms with Crippen molar-refractivity contribution in [2.75, 3.05) is 4.90 Å². The molecule has 10 rings (SSSR count). The van der Waals surface area contributed by atoms with Crippen LogP contribution in [0.2, 0.25) is 0 Å². The number of nitrogens with zero attached hydrogens (tertiary/aromatic N) is 2. The smallest absolute Gasteiger partial charge is 0.124 e. The second-order valence-electron chi connectivity index (χ2n) is 15.6. The van der Waals surface area contributed by atoms with Gasteiger partial charge in [-0.15, -0.1) is 11.3 Å². The molecule has 0 fully saturated rings. The second-order valence-corrected chi connectivity index (χ2v) is 16.6. The third-order valence-electron chi connectivity index (χ3n) is 13.3. The third-order valence-corrected chi connectivity index (χ3v) is 14.4. The van der Waals surface area contributed by atoms with E-state index in [2.05, 4.69) is 190 Å². The summed E-state index contributed by atoms with van der Waals surface area (Å²) in [6, 6.07) is 58.9. The van der Waals surface area contributed by atoms with E-state index >= 15 is 0 Å². The first kappa shape index (κ1) is 34.7. The Balaban J connectivity index is 1.06. The van der Waals surface area contributed by atoms with Crippen molar-refractivity contribution in [1.29, 1.82) is 0 Å². The van der Waals surface area contributed by atoms with E-state index < -0.39 is 0 Å². The molecule has 0 saturated heterocycles. The summed E-state index contributed by atoms with van der Waals surface area (Å²) in [4.78, 5) is 7.41. The number of para-hydroxylation sites is 3. The lowest BCUT2D eigenvalue weighted by Gasteiger charge is -2.32. The van der Waals surface area contributed by atoms with Crippen molar-refractivity contribution in [3.05, 3.63) is 180 Å². The van der Waals surface area contributed by atoms with E-state index in [-0.39, 0.29) is 10.8 Å². The number of hydrogen-bond acceptors (Lipinski definition) is 3. The SMILES string of the molecule is CCC1(CC)c2ccc(-c3nc4ccccc4s3)cc2-c2ccc(-c3ccc4c(c3)C(CC)(CC)c3cc(N(c5ccccc5)c5ccccc5)ccc3-4)cc21. The molecular formula is C53H46N2S. The Morgan fingerprint density at radius 3 is 1.52 bits per heavy atom. The van der Waals surface area contributed by atoms with Gasteiger partial charge in [-0.25, -0.2) is 4.98 Å². The first-order valence-electron chi connectivity index (χ1n) is 20.4. The van der Waals surface area contributed by atoms with Crippen molar-refractivity contribution in [3.63, 3.8) is 0 Å². The van der Waals surface area contributed by atoms with Gasteiger partial charge in [0, 0.05) is 33.5 Å². The number of benzene rings is 7. The van der Waals surface area contributed by atoms with E-state index in [1.807, 2.05) is 0 Å². The molecule has 0 radical (unpaired) electrons. The van der Waals surface area contributed by atoms with Gasteiger partial charge in [0.05, 0.1) is 10.2 Å². The molecule has 2 aliphatic carbocycles. The van der Waals surface area contributed by atoms with Crippen molar-refractivity contribution < 1.29 is 0 Å². The molecule has 0 unspecified atom stereocenters. The van der Waals surface area contributed by atoms with Crippen LogP contribution in [0.15, 0.2) is 158 Å². The van der Waals surface area contributed by atoms with Gasteiger partial charge in [-0.3, -0.25) is 0 Å². The highest BCUT2D eigenvalue weighted by atomic mass is 32.1. The summed E-state index contributed by atoms with van der Waals surface area (Å²) < 4.78 is 1.24. The minimum atomic E-state index is -0.0731. The molecule has 56 heavy (non-hydrogen) atoms. The quantitative estimate of drug-likeness (QED) is 0.146. The second kappa shape index (κ2) is 13.5. The average Bonchev–Trinajstić information content (AvgIpc) is 3.91. The van der Waals surface area contributed by atoms with Gasteiger partial charge in [0.15, 0.2) is 0 Å². The van der Waals surface area contributed by atoms with Gasteiger partial charge in [-0.2, -0.15) is 0 Å². The van der Waals surface area contributed by atoms with Crippen LogP contribution in [-0.4, -0.2) is 4.98 Å². The van der Waals surface area contributed by atoms with Crippen LogP contribution in [0.4, 0.5) is 17.1 Å². The van der Waals surface area contributed by atoms with Crippen LogP contribution in [0.1, 0.15) is 75.6 Å². The van der Waals surface area contributed by atoms with Crippen LogP contribution >= 0.6 is 11.3 Å². The maximum Gasteiger partial charge on any atom is 0.124 e. The van der Waals surface area contributed by atoms with Crippen LogP contribution in [0.25, 0.3) is 54.2 Å². The molecule has 1 aromatic heterocycles. The monoisotopic (exact) mass is 742 g/mol. The fraction of sp³-hybridized carbons (Fsp3) is 0.189. The van der Waals surface area contributed by atoms with E-state index in [0.29, 0.717) is 0 Å². The van der Waals surface area contributed by atoms with Crippen LogP contribution < -0.4 is 4.90 Å². The van der Waals surface area contributed by atoms with Crippen LogP contribution in [0.5, 0.6) is 0 Å². The summed E-state index contributed by atoms with van der Waals surface area (Å²) in [7, 11) is 0. The first-order chi connectivity index (χ1) is 27.5. The molecule has 0 saturated carbocycles. The fourth-order valence-electron chi connectivity index (χ4n) is 10.2. The van der Waals surface area contributed by atoms with Crippen LogP contribution in [0, 0.1) is 0 Å². The zero-order valence-corrected chi connectivity index (χ0v) is 33.5. The van der Waals surface area contributed by atoms with Crippen molar-refractivity contribution in [2.45, 2.75) is 64.2 Å². The Kier molecular flexibility index (Phi) is 8.34. The number of rotatable bonds is 9. The highest BCUT2D eigenvalue weighted by Gasteiger charge is 2.43. The predicted molar refractivity (Wildman–Crippen MR) is 239 cm³/mol. The van der Waals surface area contributed by atoms with Gasteiger partial charge < -0.3 is 4.90 Å². The van der Waals surface area contributed by atoms with Crippen LogP contribution in [0.3, 0.4) is 0 Å². The number of aromatic nitrogens is 1.